The maximum Gasteiger partial charge on any atom is 0.230 e. The normalized spacial score (nSPS) is 13.4. The number of hydrogen-bond acceptors (Lipinski definition) is 3. The van der Waals surface area contributed by atoms with Crippen LogP contribution in [0.25, 0.3) is 5.69 Å². The molecule has 0 saturated heterocycles. The Morgan fingerprint density at radius 2 is 1.61 bits per heavy atom. The van der Waals surface area contributed by atoms with Gasteiger partial charge in [0, 0.05) is 12.1 Å². The molecular weight excluding hydrogens is 372 g/mol. The third-order valence-electron chi connectivity index (χ3n) is 5.15. The highest BCUT2D eigenvalue weighted by Crippen LogP contribution is 2.31. The van der Waals surface area contributed by atoms with Gasteiger partial charge in [-0.1, -0.05) is 49.7 Å². The van der Waals surface area contributed by atoms with Crippen LogP contribution in [0.4, 0.5) is 0 Å². The zero-order valence-electron chi connectivity index (χ0n) is 16.6. The van der Waals surface area contributed by atoms with Crippen molar-refractivity contribution in [1.29, 1.82) is 0 Å². The van der Waals surface area contributed by atoms with Gasteiger partial charge in [0.05, 0.1) is 17.6 Å². The van der Waals surface area contributed by atoms with Crippen LogP contribution in [0.2, 0.25) is 5.02 Å². The van der Waals surface area contributed by atoms with Gasteiger partial charge in [-0.15, -0.1) is 0 Å². The van der Waals surface area contributed by atoms with E-state index in [9.17, 15) is 4.79 Å². The molecule has 0 aliphatic rings. The van der Waals surface area contributed by atoms with Gasteiger partial charge >= 0.3 is 0 Å². The molecule has 2 aromatic carbocycles. The van der Waals surface area contributed by atoms with Gasteiger partial charge in [0.1, 0.15) is 12.7 Å². The van der Waals surface area contributed by atoms with E-state index in [1.807, 2.05) is 67.4 Å². The van der Waals surface area contributed by atoms with Gasteiger partial charge < -0.3 is 4.90 Å². The SMILES string of the molecule is CC(C)[C@H](C(=O)N(C)[C@@H](C)c1ccc(-n2cncn2)cc1)c1ccc(Cl)cc1. The molecule has 1 amide bonds. The van der Waals surface area contributed by atoms with Gasteiger partial charge in [0.15, 0.2) is 0 Å². The van der Waals surface area contributed by atoms with Crippen molar-refractivity contribution in [3.63, 3.8) is 0 Å². The van der Waals surface area contributed by atoms with E-state index < -0.39 is 0 Å². The number of amides is 1. The zero-order valence-corrected chi connectivity index (χ0v) is 17.3. The molecular formula is C22H25ClN4O. The molecule has 2 atom stereocenters. The molecule has 1 aromatic heterocycles. The molecule has 0 radical (unpaired) electrons. The predicted molar refractivity (Wildman–Crippen MR) is 112 cm³/mol. The predicted octanol–water partition coefficient (Wildman–Crippen LogP) is 4.88. The minimum atomic E-state index is -0.209. The summed E-state index contributed by atoms with van der Waals surface area (Å²) in [7, 11) is 1.86. The van der Waals surface area contributed by atoms with Gasteiger partial charge in [0.2, 0.25) is 5.91 Å². The second kappa shape index (κ2) is 8.57. The largest absolute Gasteiger partial charge is 0.338 e. The van der Waals surface area contributed by atoms with Gasteiger partial charge in [0.25, 0.3) is 0 Å². The number of aromatic nitrogens is 3. The standard InChI is InChI=1S/C22H25ClN4O/c1-15(2)21(18-5-9-19(23)10-6-18)22(28)26(4)16(3)17-7-11-20(12-8-17)27-14-24-13-25-27/h5-16,21H,1-4H3/t16-,21-/m0/s1. The maximum atomic E-state index is 13.3. The first kappa shape index (κ1) is 20.1. The van der Waals surface area contributed by atoms with E-state index in [1.54, 1.807) is 11.0 Å². The Labute approximate surface area is 171 Å². The van der Waals surface area contributed by atoms with E-state index in [1.165, 1.54) is 6.33 Å². The molecule has 146 valence electrons. The smallest absolute Gasteiger partial charge is 0.230 e. The lowest BCUT2D eigenvalue weighted by Gasteiger charge is -2.31. The number of halogens is 1. The molecule has 0 unspecified atom stereocenters. The second-order valence-electron chi connectivity index (χ2n) is 7.33. The fourth-order valence-electron chi connectivity index (χ4n) is 3.36. The minimum absolute atomic E-state index is 0.0501. The summed E-state index contributed by atoms with van der Waals surface area (Å²) in [6.07, 6.45) is 3.17. The lowest BCUT2D eigenvalue weighted by molar-refractivity contribution is -0.134. The van der Waals surface area contributed by atoms with Crippen molar-refractivity contribution in [1.82, 2.24) is 19.7 Å². The van der Waals surface area contributed by atoms with Crippen LogP contribution in [0.3, 0.4) is 0 Å². The highest BCUT2D eigenvalue weighted by Gasteiger charge is 2.29. The van der Waals surface area contributed by atoms with Crippen molar-refractivity contribution in [2.75, 3.05) is 7.05 Å². The number of likely N-dealkylation sites (N-methyl/N-ethyl adjacent to an activating group) is 1. The topological polar surface area (TPSA) is 51.0 Å². The minimum Gasteiger partial charge on any atom is -0.338 e. The summed E-state index contributed by atoms with van der Waals surface area (Å²) in [5, 5.41) is 4.81. The lowest BCUT2D eigenvalue weighted by atomic mass is 9.86. The van der Waals surface area contributed by atoms with Crippen LogP contribution < -0.4 is 0 Å². The first-order valence-corrected chi connectivity index (χ1v) is 9.73. The van der Waals surface area contributed by atoms with Crippen LogP contribution >= 0.6 is 11.6 Å². The Morgan fingerprint density at radius 3 is 2.14 bits per heavy atom. The van der Waals surface area contributed by atoms with E-state index in [0.717, 1.165) is 16.8 Å². The Bertz CT molecular complexity index is 905. The van der Waals surface area contributed by atoms with Gasteiger partial charge in [-0.25, -0.2) is 9.67 Å². The summed E-state index contributed by atoms with van der Waals surface area (Å²) in [4.78, 5) is 19.1. The van der Waals surface area contributed by atoms with Gasteiger partial charge in [-0.2, -0.15) is 5.10 Å². The van der Waals surface area contributed by atoms with Crippen molar-refractivity contribution < 1.29 is 4.79 Å². The number of hydrogen-bond donors (Lipinski definition) is 0. The Balaban J connectivity index is 1.79. The van der Waals surface area contributed by atoms with Crippen LogP contribution in [0.5, 0.6) is 0 Å². The highest BCUT2D eigenvalue weighted by molar-refractivity contribution is 6.30. The first-order chi connectivity index (χ1) is 13.4. The van der Waals surface area contributed by atoms with Crippen LogP contribution in [0.1, 0.15) is 43.9 Å². The van der Waals surface area contributed by atoms with Crippen LogP contribution in [-0.4, -0.2) is 32.6 Å². The fraction of sp³-hybridized carbons (Fsp3) is 0.318. The molecule has 28 heavy (non-hydrogen) atoms. The van der Waals surface area contributed by atoms with E-state index in [0.29, 0.717) is 5.02 Å². The molecule has 3 rings (SSSR count). The second-order valence-corrected chi connectivity index (χ2v) is 7.77. The summed E-state index contributed by atoms with van der Waals surface area (Å²) in [6.45, 7) is 6.19. The van der Waals surface area contributed by atoms with Crippen LogP contribution in [0.15, 0.2) is 61.2 Å². The Morgan fingerprint density at radius 1 is 1.00 bits per heavy atom. The molecule has 0 bridgehead atoms. The maximum absolute atomic E-state index is 13.3. The molecule has 0 fully saturated rings. The lowest BCUT2D eigenvalue weighted by Crippen LogP contribution is -2.35. The van der Waals surface area contributed by atoms with Gasteiger partial charge in [-0.3, -0.25) is 4.79 Å². The molecule has 0 spiro atoms. The van der Waals surface area contributed by atoms with Crippen molar-refractivity contribution in [3.8, 4) is 5.69 Å². The summed E-state index contributed by atoms with van der Waals surface area (Å²) < 4.78 is 1.71. The highest BCUT2D eigenvalue weighted by atomic mass is 35.5. The van der Waals surface area contributed by atoms with E-state index in [-0.39, 0.29) is 23.8 Å². The Kier molecular flexibility index (Phi) is 6.15. The monoisotopic (exact) mass is 396 g/mol. The first-order valence-electron chi connectivity index (χ1n) is 9.35. The molecule has 0 N–H and O–H groups in total. The molecule has 0 aliphatic carbocycles. The molecule has 0 saturated carbocycles. The van der Waals surface area contributed by atoms with E-state index in [2.05, 4.69) is 23.9 Å². The average molecular weight is 397 g/mol. The number of benzene rings is 2. The average Bonchev–Trinajstić information content (AvgIpc) is 3.23. The Hall–Kier alpha value is -2.66. The van der Waals surface area contributed by atoms with Crippen molar-refractivity contribution in [3.05, 3.63) is 77.3 Å². The van der Waals surface area contributed by atoms with Gasteiger partial charge in [-0.05, 0) is 48.2 Å². The third kappa shape index (κ3) is 4.25. The van der Waals surface area contributed by atoms with Crippen molar-refractivity contribution >= 4 is 17.5 Å². The molecule has 3 aromatic rings. The number of rotatable bonds is 6. The summed E-state index contributed by atoms with van der Waals surface area (Å²) in [5.74, 6) is 0.0716. The van der Waals surface area contributed by atoms with E-state index in [4.69, 9.17) is 11.6 Å². The molecule has 1 heterocycles. The summed E-state index contributed by atoms with van der Waals surface area (Å²) in [6, 6.07) is 15.5. The molecule has 0 aliphatic heterocycles. The summed E-state index contributed by atoms with van der Waals surface area (Å²) >= 11 is 6.01. The number of carbonyl (C=O) groups excluding carboxylic acids is 1. The molecule has 5 nitrogen and oxygen atoms in total. The quantitative estimate of drug-likeness (QED) is 0.596. The third-order valence-corrected chi connectivity index (χ3v) is 5.40. The summed E-state index contributed by atoms with van der Waals surface area (Å²) in [5.41, 5.74) is 2.99. The zero-order chi connectivity index (χ0) is 20.3. The van der Waals surface area contributed by atoms with Crippen molar-refractivity contribution in [2.24, 2.45) is 5.92 Å². The molecule has 6 heteroatoms. The fourth-order valence-corrected chi connectivity index (χ4v) is 3.49. The van der Waals surface area contributed by atoms with Crippen LogP contribution in [-0.2, 0) is 4.79 Å². The number of nitrogens with zero attached hydrogens (tertiary/aromatic N) is 4. The van der Waals surface area contributed by atoms with E-state index >= 15 is 0 Å². The number of carbonyl (C=O) groups is 1. The van der Waals surface area contributed by atoms with Crippen LogP contribution in [0, 0.1) is 5.92 Å². The van der Waals surface area contributed by atoms with Crippen molar-refractivity contribution in [2.45, 2.75) is 32.7 Å².